The van der Waals surface area contributed by atoms with Crippen molar-refractivity contribution in [1.29, 1.82) is 0 Å². The number of carbonyl (C=O) groups excluding carboxylic acids is 1. The lowest BCUT2D eigenvalue weighted by atomic mass is 9.78. The Bertz CT molecular complexity index is 867. The largest absolute Gasteiger partial charge is 0.494 e. The number of benzene rings is 1. The summed E-state index contributed by atoms with van der Waals surface area (Å²) in [4.78, 5) is 23.7. The fraction of sp³-hybridized carbons (Fsp3) is 0.583. The number of carboxylic acids is 1. The van der Waals surface area contributed by atoms with Gasteiger partial charge < -0.3 is 24.5 Å². The first-order valence-corrected chi connectivity index (χ1v) is 10.9. The molecule has 0 bridgehead atoms. The minimum atomic E-state index is -1.11. The second-order valence-electron chi connectivity index (χ2n) is 10.4. The second kappa shape index (κ2) is 9.28. The van der Waals surface area contributed by atoms with E-state index in [9.17, 15) is 14.7 Å². The van der Waals surface area contributed by atoms with Gasteiger partial charge in [0.1, 0.15) is 11.6 Å². The highest BCUT2D eigenvalue weighted by molar-refractivity contribution is 6.62. The summed E-state index contributed by atoms with van der Waals surface area (Å²) in [5, 5.41) is 12.0. The highest BCUT2D eigenvalue weighted by Crippen LogP contribution is 2.36. The minimum absolute atomic E-state index is 0.166. The van der Waals surface area contributed by atoms with Gasteiger partial charge in [-0.25, -0.2) is 9.59 Å². The number of ether oxygens (including phenoxy) is 1. The Morgan fingerprint density at radius 1 is 1.06 bits per heavy atom. The topological polar surface area (TPSA) is 94.1 Å². The molecular weight excluding hydrogens is 409 g/mol. The summed E-state index contributed by atoms with van der Waals surface area (Å²) in [6, 6.07) is 6.78. The maximum absolute atomic E-state index is 12.0. The Morgan fingerprint density at radius 3 is 2.00 bits per heavy atom. The van der Waals surface area contributed by atoms with Crippen molar-refractivity contribution < 1.29 is 28.7 Å². The van der Waals surface area contributed by atoms with Crippen molar-refractivity contribution >= 4 is 30.2 Å². The molecule has 1 fully saturated rings. The van der Waals surface area contributed by atoms with E-state index < -0.39 is 42.0 Å². The molecule has 7 nitrogen and oxygen atoms in total. The van der Waals surface area contributed by atoms with E-state index >= 15 is 0 Å². The van der Waals surface area contributed by atoms with Gasteiger partial charge in [-0.05, 0) is 85.3 Å². The molecule has 1 amide bonds. The lowest BCUT2D eigenvalue weighted by Crippen LogP contribution is -2.43. The summed E-state index contributed by atoms with van der Waals surface area (Å²) in [6.07, 6.45) is -0.582. The molecule has 0 saturated carbocycles. The monoisotopic (exact) mass is 445 g/mol. The van der Waals surface area contributed by atoms with Gasteiger partial charge in [0, 0.05) is 0 Å². The SMILES string of the molecule is C/C(C[C@H](NC(=O)OC(C)(C)C)C(=O)O)=C(/C)c1ccc(B2OC(C)(C)C(C)(C)O2)cc1. The van der Waals surface area contributed by atoms with Crippen LogP contribution in [0.5, 0.6) is 0 Å². The highest BCUT2D eigenvalue weighted by Gasteiger charge is 2.51. The van der Waals surface area contributed by atoms with E-state index in [1.165, 1.54) is 0 Å². The molecule has 1 heterocycles. The molecule has 0 spiro atoms. The molecule has 32 heavy (non-hydrogen) atoms. The predicted octanol–water partition coefficient (Wildman–Crippen LogP) is 4.15. The van der Waals surface area contributed by atoms with Crippen molar-refractivity contribution in [3.05, 3.63) is 35.4 Å². The number of alkyl carbamates (subject to hydrolysis) is 1. The van der Waals surface area contributed by atoms with E-state index in [4.69, 9.17) is 14.0 Å². The van der Waals surface area contributed by atoms with Crippen LogP contribution in [-0.4, -0.2) is 47.1 Å². The Morgan fingerprint density at radius 2 is 1.56 bits per heavy atom. The fourth-order valence-corrected chi connectivity index (χ4v) is 3.22. The number of carbonyl (C=O) groups is 2. The van der Waals surface area contributed by atoms with E-state index in [-0.39, 0.29) is 6.42 Å². The summed E-state index contributed by atoms with van der Waals surface area (Å²) in [5.41, 5.74) is 2.18. The van der Waals surface area contributed by atoms with Crippen molar-refractivity contribution in [2.75, 3.05) is 0 Å². The molecule has 0 radical (unpaired) electrons. The number of aliphatic carboxylic acids is 1. The van der Waals surface area contributed by atoms with Crippen molar-refractivity contribution in [2.45, 2.75) is 91.6 Å². The average Bonchev–Trinajstić information content (AvgIpc) is 2.86. The zero-order chi connectivity index (χ0) is 24.5. The van der Waals surface area contributed by atoms with Gasteiger partial charge in [0.2, 0.25) is 0 Å². The molecule has 1 saturated heterocycles. The van der Waals surface area contributed by atoms with E-state index in [0.717, 1.165) is 22.2 Å². The maximum atomic E-state index is 12.0. The maximum Gasteiger partial charge on any atom is 0.494 e. The number of carboxylic acid groups (broad SMARTS) is 1. The number of allylic oxidation sites excluding steroid dienone is 1. The second-order valence-corrected chi connectivity index (χ2v) is 10.4. The van der Waals surface area contributed by atoms with Gasteiger partial charge in [-0.3, -0.25) is 0 Å². The Kier molecular flexibility index (Phi) is 7.52. The Labute approximate surface area is 191 Å². The van der Waals surface area contributed by atoms with Gasteiger partial charge in [-0.15, -0.1) is 0 Å². The van der Waals surface area contributed by atoms with Gasteiger partial charge in [0.05, 0.1) is 11.2 Å². The van der Waals surface area contributed by atoms with Crippen LogP contribution in [0.4, 0.5) is 4.79 Å². The van der Waals surface area contributed by atoms with Crippen LogP contribution in [0.15, 0.2) is 29.8 Å². The van der Waals surface area contributed by atoms with Gasteiger partial charge in [-0.1, -0.05) is 29.8 Å². The van der Waals surface area contributed by atoms with E-state index in [1.807, 2.05) is 65.8 Å². The first-order chi connectivity index (χ1) is 14.5. The van der Waals surface area contributed by atoms with Crippen molar-refractivity contribution in [3.63, 3.8) is 0 Å². The number of rotatable bonds is 6. The van der Waals surface area contributed by atoms with Crippen molar-refractivity contribution in [2.24, 2.45) is 0 Å². The van der Waals surface area contributed by atoms with Gasteiger partial charge in [0.15, 0.2) is 0 Å². The third-order valence-electron chi connectivity index (χ3n) is 6.01. The zero-order valence-electron chi connectivity index (χ0n) is 20.7. The molecule has 1 aromatic rings. The normalized spacial score (nSPS) is 19.2. The third-order valence-corrected chi connectivity index (χ3v) is 6.01. The quantitative estimate of drug-likeness (QED) is 0.639. The number of amides is 1. The van der Waals surface area contributed by atoms with E-state index in [0.29, 0.717) is 0 Å². The standard InChI is InChI=1S/C24H36BNO6/c1-15(14-19(20(27)28)26-21(29)30-22(3,4)5)16(2)17-10-12-18(13-11-17)25-31-23(6,7)24(8,9)32-25/h10-13,19H,14H2,1-9H3,(H,26,29)(H,27,28)/b16-15+/t19-/m0/s1. The first kappa shape index (κ1) is 25.9. The van der Waals surface area contributed by atoms with Crippen LogP contribution in [0, 0.1) is 0 Å². The van der Waals surface area contributed by atoms with Crippen LogP contribution in [0.25, 0.3) is 5.57 Å². The Balaban J connectivity index is 2.12. The van der Waals surface area contributed by atoms with Crippen molar-refractivity contribution in [3.8, 4) is 0 Å². The van der Waals surface area contributed by atoms with Gasteiger partial charge in [-0.2, -0.15) is 0 Å². The summed E-state index contributed by atoms with van der Waals surface area (Å²) >= 11 is 0. The van der Waals surface area contributed by atoms with Crippen LogP contribution < -0.4 is 10.8 Å². The summed E-state index contributed by atoms with van der Waals surface area (Å²) < 4.78 is 17.4. The minimum Gasteiger partial charge on any atom is -0.480 e. The average molecular weight is 445 g/mol. The summed E-state index contributed by atoms with van der Waals surface area (Å²) in [5.74, 6) is -1.11. The predicted molar refractivity (Wildman–Crippen MR) is 126 cm³/mol. The van der Waals surface area contributed by atoms with E-state index in [2.05, 4.69) is 5.32 Å². The molecule has 1 aliphatic rings. The third kappa shape index (κ3) is 6.36. The molecular formula is C24H36BNO6. The fourth-order valence-electron chi connectivity index (χ4n) is 3.22. The van der Waals surface area contributed by atoms with Crippen molar-refractivity contribution in [1.82, 2.24) is 5.32 Å². The molecule has 1 aromatic carbocycles. The summed E-state index contributed by atoms with van der Waals surface area (Å²) in [7, 11) is -0.436. The molecule has 0 aliphatic carbocycles. The van der Waals surface area contributed by atoms with Crippen LogP contribution in [0.2, 0.25) is 0 Å². The lowest BCUT2D eigenvalue weighted by Gasteiger charge is -2.32. The number of hydrogen-bond donors (Lipinski definition) is 2. The smallest absolute Gasteiger partial charge is 0.480 e. The molecule has 0 unspecified atom stereocenters. The zero-order valence-corrected chi connectivity index (χ0v) is 20.7. The van der Waals surface area contributed by atoms with Crippen LogP contribution >= 0.6 is 0 Å². The van der Waals surface area contributed by atoms with Crippen LogP contribution in [0.3, 0.4) is 0 Å². The molecule has 2 N–H and O–H groups in total. The van der Waals surface area contributed by atoms with E-state index in [1.54, 1.807) is 20.8 Å². The van der Waals surface area contributed by atoms with Crippen LogP contribution in [-0.2, 0) is 18.8 Å². The number of hydrogen-bond acceptors (Lipinski definition) is 5. The first-order valence-electron chi connectivity index (χ1n) is 10.9. The molecule has 2 rings (SSSR count). The molecule has 8 heteroatoms. The molecule has 1 atom stereocenters. The highest BCUT2D eigenvalue weighted by atomic mass is 16.7. The Hall–Kier alpha value is -2.32. The summed E-state index contributed by atoms with van der Waals surface area (Å²) in [6.45, 7) is 17.0. The van der Waals surface area contributed by atoms with Gasteiger partial charge >= 0.3 is 19.2 Å². The molecule has 176 valence electrons. The van der Waals surface area contributed by atoms with Gasteiger partial charge in [0.25, 0.3) is 0 Å². The molecule has 1 aliphatic heterocycles. The lowest BCUT2D eigenvalue weighted by molar-refractivity contribution is -0.139. The number of nitrogens with one attached hydrogen (secondary N) is 1. The molecule has 0 aromatic heterocycles. The van der Waals surface area contributed by atoms with Crippen LogP contribution in [0.1, 0.15) is 74.3 Å².